The third kappa shape index (κ3) is 5.71. The maximum atomic E-state index is 12.0. The number of likely N-dealkylation sites (tertiary alicyclic amines) is 1. The van der Waals surface area contributed by atoms with E-state index in [1.165, 1.54) is 5.56 Å². The molecule has 0 saturated carbocycles. The molecule has 5 nitrogen and oxygen atoms in total. The van der Waals surface area contributed by atoms with Gasteiger partial charge in [-0.2, -0.15) is 0 Å². The second-order valence-corrected chi connectivity index (χ2v) is 6.14. The van der Waals surface area contributed by atoms with Crippen molar-refractivity contribution in [2.75, 3.05) is 40.0 Å². The molecule has 1 heterocycles. The Bertz CT molecular complexity index is 498. The molecule has 1 saturated heterocycles. The van der Waals surface area contributed by atoms with Gasteiger partial charge in [-0.25, -0.2) is 4.79 Å². The third-order valence-corrected chi connectivity index (χ3v) is 4.36. The van der Waals surface area contributed by atoms with Crippen LogP contribution in [0.4, 0.5) is 4.79 Å². The Morgan fingerprint density at radius 2 is 2.00 bits per heavy atom. The van der Waals surface area contributed by atoms with Crippen LogP contribution in [-0.4, -0.2) is 51.0 Å². The summed E-state index contributed by atoms with van der Waals surface area (Å²) in [5.74, 6) is 1.35. The summed E-state index contributed by atoms with van der Waals surface area (Å²) < 4.78 is 16.0. The van der Waals surface area contributed by atoms with Gasteiger partial charge < -0.3 is 19.1 Å². The van der Waals surface area contributed by atoms with Crippen molar-refractivity contribution in [1.82, 2.24) is 4.90 Å². The first kappa shape index (κ1) is 18.6. The Balaban J connectivity index is 1.81. The van der Waals surface area contributed by atoms with Gasteiger partial charge in [0.05, 0.1) is 13.2 Å². The Hall–Kier alpha value is -1.75. The van der Waals surface area contributed by atoms with Crippen molar-refractivity contribution in [3.63, 3.8) is 0 Å². The number of hydrogen-bond donors (Lipinski definition) is 0. The predicted molar refractivity (Wildman–Crippen MR) is 93.6 cm³/mol. The number of amides is 1. The molecule has 1 amide bonds. The Morgan fingerprint density at radius 1 is 1.21 bits per heavy atom. The van der Waals surface area contributed by atoms with Crippen LogP contribution in [0.25, 0.3) is 0 Å². The topological polar surface area (TPSA) is 48.0 Å². The lowest BCUT2D eigenvalue weighted by Gasteiger charge is -2.31. The zero-order valence-corrected chi connectivity index (χ0v) is 14.8. The molecule has 134 valence electrons. The monoisotopic (exact) mass is 335 g/mol. The van der Waals surface area contributed by atoms with Crippen molar-refractivity contribution in [3.8, 4) is 5.75 Å². The van der Waals surface area contributed by atoms with Gasteiger partial charge in [0.15, 0.2) is 0 Å². The van der Waals surface area contributed by atoms with E-state index in [9.17, 15) is 4.79 Å². The number of benzene rings is 1. The zero-order chi connectivity index (χ0) is 17.2. The number of piperidine rings is 1. The average Bonchev–Trinajstić information content (AvgIpc) is 2.62. The third-order valence-electron chi connectivity index (χ3n) is 4.36. The molecule has 0 radical (unpaired) electrons. The minimum Gasteiger partial charge on any atom is -0.491 e. The highest BCUT2D eigenvalue weighted by atomic mass is 16.6. The number of carbonyl (C=O) groups excluding carboxylic acids is 1. The molecule has 0 bridgehead atoms. The van der Waals surface area contributed by atoms with Crippen LogP contribution in [0.3, 0.4) is 0 Å². The van der Waals surface area contributed by atoms with E-state index in [2.05, 4.69) is 19.1 Å². The molecule has 24 heavy (non-hydrogen) atoms. The van der Waals surface area contributed by atoms with E-state index < -0.39 is 0 Å². The lowest BCUT2D eigenvalue weighted by molar-refractivity contribution is 0.0915. The number of nitrogens with zero attached hydrogens (tertiary/aromatic N) is 1. The summed E-state index contributed by atoms with van der Waals surface area (Å²) >= 11 is 0. The van der Waals surface area contributed by atoms with Gasteiger partial charge in [-0.05, 0) is 42.9 Å². The molecule has 1 aromatic rings. The van der Waals surface area contributed by atoms with Crippen LogP contribution in [0, 0.1) is 0 Å². The summed E-state index contributed by atoms with van der Waals surface area (Å²) in [6.45, 7) is 5.27. The molecule has 2 rings (SSSR count). The summed E-state index contributed by atoms with van der Waals surface area (Å²) in [4.78, 5) is 13.8. The maximum Gasteiger partial charge on any atom is 0.409 e. The predicted octanol–water partition coefficient (Wildman–Crippen LogP) is 3.83. The lowest BCUT2D eigenvalue weighted by Crippen LogP contribution is -2.38. The van der Waals surface area contributed by atoms with Gasteiger partial charge in [0.2, 0.25) is 0 Å². The van der Waals surface area contributed by atoms with Crippen LogP contribution < -0.4 is 4.74 Å². The van der Waals surface area contributed by atoms with E-state index in [4.69, 9.17) is 14.2 Å². The number of methoxy groups -OCH3 is 1. The zero-order valence-electron chi connectivity index (χ0n) is 14.8. The summed E-state index contributed by atoms with van der Waals surface area (Å²) in [6, 6.07) is 8.25. The van der Waals surface area contributed by atoms with E-state index in [0.717, 1.165) is 44.5 Å². The molecule has 1 aliphatic rings. The smallest absolute Gasteiger partial charge is 0.409 e. The SMILES string of the molecule is CCCCOC(=O)N1CCC(c2cccc(OCCOC)c2)CC1. The molecule has 1 fully saturated rings. The fraction of sp³-hybridized carbons (Fsp3) is 0.632. The largest absolute Gasteiger partial charge is 0.491 e. The highest BCUT2D eigenvalue weighted by Gasteiger charge is 2.24. The van der Waals surface area contributed by atoms with E-state index >= 15 is 0 Å². The maximum absolute atomic E-state index is 12.0. The standard InChI is InChI=1S/C19H29NO4/c1-3-4-12-24-19(21)20-10-8-16(9-11-20)17-6-5-7-18(15-17)23-14-13-22-2/h5-7,15-16H,3-4,8-14H2,1-2H3. The van der Waals surface area contributed by atoms with Crippen LogP contribution in [0.15, 0.2) is 24.3 Å². The van der Waals surface area contributed by atoms with Crippen molar-refractivity contribution in [3.05, 3.63) is 29.8 Å². The molecule has 0 atom stereocenters. The van der Waals surface area contributed by atoms with Crippen LogP contribution in [-0.2, 0) is 9.47 Å². The molecule has 1 aromatic carbocycles. The van der Waals surface area contributed by atoms with Gasteiger partial charge in [-0.3, -0.25) is 0 Å². The second-order valence-electron chi connectivity index (χ2n) is 6.14. The average molecular weight is 335 g/mol. The van der Waals surface area contributed by atoms with Crippen molar-refractivity contribution in [2.45, 2.75) is 38.5 Å². The van der Waals surface area contributed by atoms with Gasteiger partial charge in [0, 0.05) is 20.2 Å². The molecule has 0 N–H and O–H groups in total. The summed E-state index contributed by atoms with van der Waals surface area (Å²) in [5, 5.41) is 0. The summed E-state index contributed by atoms with van der Waals surface area (Å²) in [6.07, 6.45) is 3.73. The summed E-state index contributed by atoms with van der Waals surface area (Å²) in [5.41, 5.74) is 1.28. The quantitative estimate of drug-likeness (QED) is 0.678. The van der Waals surface area contributed by atoms with Crippen molar-refractivity contribution < 1.29 is 19.0 Å². The molecule has 0 aliphatic carbocycles. The van der Waals surface area contributed by atoms with Gasteiger partial charge in [-0.1, -0.05) is 25.5 Å². The van der Waals surface area contributed by atoms with Crippen LogP contribution in [0.5, 0.6) is 5.75 Å². The molecule has 1 aliphatic heterocycles. The normalized spacial score (nSPS) is 15.3. The Kier molecular flexibility index (Phi) is 7.89. The van der Waals surface area contributed by atoms with Gasteiger partial charge in [-0.15, -0.1) is 0 Å². The fourth-order valence-electron chi connectivity index (χ4n) is 2.89. The van der Waals surface area contributed by atoms with Crippen LogP contribution >= 0.6 is 0 Å². The lowest BCUT2D eigenvalue weighted by atomic mass is 9.89. The van der Waals surface area contributed by atoms with Crippen LogP contribution in [0.2, 0.25) is 0 Å². The number of unbranched alkanes of at least 4 members (excludes halogenated alkanes) is 1. The fourth-order valence-corrected chi connectivity index (χ4v) is 2.89. The summed E-state index contributed by atoms with van der Waals surface area (Å²) in [7, 11) is 1.67. The molecule has 0 spiro atoms. The molecular weight excluding hydrogens is 306 g/mol. The number of ether oxygens (including phenoxy) is 3. The number of carbonyl (C=O) groups is 1. The first-order chi connectivity index (χ1) is 11.7. The van der Waals surface area contributed by atoms with E-state index in [-0.39, 0.29) is 6.09 Å². The molecule has 5 heteroatoms. The highest BCUT2D eigenvalue weighted by molar-refractivity contribution is 5.67. The molecule has 0 unspecified atom stereocenters. The Labute approximate surface area is 144 Å². The first-order valence-corrected chi connectivity index (χ1v) is 8.88. The van der Waals surface area contributed by atoms with Gasteiger partial charge >= 0.3 is 6.09 Å². The van der Waals surface area contributed by atoms with Gasteiger partial charge in [0.25, 0.3) is 0 Å². The molecule has 0 aromatic heterocycles. The second kappa shape index (κ2) is 10.2. The number of rotatable bonds is 8. The number of hydrogen-bond acceptors (Lipinski definition) is 4. The van der Waals surface area contributed by atoms with Gasteiger partial charge in [0.1, 0.15) is 12.4 Å². The van der Waals surface area contributed by atoms with Crippen molar-refractivity contribution in [2.24, 2.45) is 0 Å². The van der Waals surface area contributed by atoms with E-state index in [1.54, 1.807) is 7.11 Å². The first-order valence-electron chi connectivity index (χ1n) is 8.88. The van der Waals surface area contributed by atoms with E-state index in [0.29, 0.717) is 25.7 Å². The van der Waals surface area contributed by atoms with Crippen molar-refractivity contribution in [1.29, 1.82) is 0 Å². The minimum absolute atomic E-state index is 0.168. The van der Waals surface area contributed by atoms with Crippen LogP contribution in [0.1, 0.15) is 44.1 Å². The Morgan fingerprint density at radius 3 is 2.71 bits per heavy atom. The van der Waals surface area contributed by atoms with Crippen molar-refractivity contribution >= 4 is 6.09 Å². The highest BCUT2D eigenvalue weighted by Crippen LogP contribution is 2.30. The van der Waals surface area contributed by atoms with E-state index in [1.807, 2.05) is 17.0 Å². The minimum atomic E-state index is -0.168. The molecular formula is C19H29NO4.